The summed E-state index contributed by atoms with van der Waals surface area (Å²) in [6, 6.07) is 13.7. The van der Waals surface area contributed by atoms with Crippen LogP contribution in [0.3, 0.4) is 0 Å². The van der Waals surface area contributed by atoms with E-state index in [2.05, 4.69) is 9.72 Å². The molecule has 0 radical (unpaired) electrons. The van der Waals surface area contributed by atoms with E-state index < -0.39 is 17.5 Å². The van der Waals surface area contributed by atoms with Crippen molar-refractivity contribution in [3.05, 3.63) is 60.3 Å². The van der Waals surface area contributed by atoms with E-state index in [9.17, 15) is 13.6 Å². The number of carbonyl (C=O) groups is 1. The van der Waals surface area contributed by atoms with Gasteiger partial charge in [0.05, 0.1) is 24.8 Å². The van der Waals surface area contributed by atoms with Gasteiger partial charge in [0.25, 0.3) is 0 Å². The van der Waals surface area contributed by atoms with Crippen molar-refractivity contribution in [3.63, 3.8) is 0 Å². The molecule has 0 bridgehead atoms. The fraction of sp³-hybridized carbons (Fsp3) is 0.200. The number of pyridine rings is 1. The summed E-state index contributed by atoms with van der Waals surface area (Å²) in [4.78, 5) is 16.0. The molecule has 0 saturated heterocycles. The van der Waals surface area contributed by atoms with E-state index in [4.69, 9.17) is 4.74 Å². The molecule has 4 nitrogen and oxygen atoms in total. The van der Waals surface area contributed by atoms with Gasteiger partial charge in [-0.3, -0.25) is 4.98 Å². The topological polar surface area (TPSA) is 48.4 Å². The highest BCUT2D eigenvalue weighted by Gasteiger charge is 2.45. The number of hydrogen-bond acceptors (Lipinski definition) is 4. The Balaban J connectivity index is 2.34. The van der Waals surface area contributed by atoms with Crippen LogP contribution in [0.15, 0.2) is 54.7 Å². The highest BCUT2D eigenvalue weighted by Crippen LogP contribution is 2.41. The van der Waals surface area contributed by atoms with Gasteiger partial charge in [0.1, 0.15) is 5.75 Å². The summed E-state index contributed by atoms with van der Waals surface area (Å²) in [5.74, 6) is -4.92. The van der Waals surface area contributed by atoms with Gasteiger partial charge in [0, 0.05) is 17.1 Å². The van der Waals surface area contributed by atoms with E-state index in [0.29, 0.717) is 22.2 Å². The lowest BCUT2D eigenvalue weighted by Gasteiger charge is -2.20. The molecule has 6 heteroatoms. The number of nitrogens with zero attached hydrogens (tertiary/aromatic N) is 1. The van der Waals surface area contributed by atoms with Crippen molar-refractivity contribution < 1.29 is 23.0 Å². The number of methoxy groups -OCH3 is 1. The first-order chi connectivity index (χ1) is 12.5. The van der Waals surface area contributed by atoms with Crippen LogP contribution >= 0.6 is 0 Å². The molecular formula is C20H17F2NO3. The van der Waals surface area contributed by atoms with Crippen LogP contribution in [0, 0.1) is 0 Å². The zero-order valence-corrected chi connectivity index (χ0v) is 14.3. The molecule has 0 aliphatic rings. The first-order valence-corrected chi connectivity index (χ1v) is 8.06. The summed E-state index contributed by atoms with van der Waals surface area (Å²) in [6.45, 7) is 1.35. The summed E-state index contributed by atoms with van der Waals surface area (Å²) in [5.41, 5.74) is 0.802. The number of benzene rings is 2. The maximum atomic E-state index is 14.8. The second-order valence-corrected chi connectivity index (χ2v) is 5.59. The van der Waals surface area contributed by atoms with Crippen molar-refractivity contribution >= 4 is 16.9 Å². The van der Waals surface area contributed by atoms with Gasteiger partial charge in [-0.15, -0.1) is 0 Å². The molecule has 0 saturated carbocycles. The van der Waals surface area contributed by atoms with Crippen LogP contribution in [0.4, 0.5) is 8.78 Å². The van der Waals surface area contributed by atoms with Crippen LogP contribution in [0.2, 0.25) is 0 Å². The molecule has 0 aliphatic heterocycles. The standard InChI is InChI=1S/C20H17F2NO3/c1-3-26-19(24)20(21,22)16-12-23-17-10-9-14(25-2)11-15(17)18(16)13-7-5-4-6-8-13/h4-12H,3H2,1-2H3. The number of ether oxygens (including phenoxy) is 2. The number of rotatable bonds is 5. The molecule has 0 amide bonds. The molecule has 3 aromatic rings. The van der Waals surface area contributed by atoms with Crippen molar-refractivity contribution in [3.8, 4) is 16.9 Å². The Bertz CT molecular complexity index is 942. The fourth-order valence-corrected chi connectivity index (χ4v) is 2.78. The molecule has 1 aromatic heterocycles. The van der Waals surface area contributed by atoms with Crippen LogP contribution in [-0.4, -0.2) is 24.7 Å². The Morgan fingerprint density at radius 1 is 1.15 bits per heavy atom. The van der Waals surface area contributed by atoms with Gasteiger partial charge < -0.3 is 9.47 Å². The maximum absolute atomic E-state index is 14.8. The van der Waals surface area contributed by atoms with Crippen molar-refractivity contribution in [2.45, 2.75) is 12.8 Å². The van der Waals surface area contributed by atoms with Gasteiger partial charge in [-0.1, -0.05) is 30.3 Å². The molecule has 0 fully saturated rings. The molecule has 2 aromatic carbocycles. The third kappa shape index (κ3) is 3.10. The monoisotopic (exact) mass is 357 g/mol. The van der Waals surface area contributed by atoms with Gasteiger partial charge in [-0.25, -0.2) is 4.79 Å². The van der Waals surface area contributed by atoms with Crippen molar-refractivity contribution in [2.75, 3.05) is 13.7 Å². The zero-order chi connectivity index (χ0) is 18.7. The molecule has 134 valence electrons. The van der Waals surface area contributed by atoms with Gasteiger partial charge in [-0.05, 0) is 30.7 Å². The van der Waals surface area contributed by atoms with Crippen molar-refractivity contribution in [1.29, 1.82) is 0 Å². The summed E-state index contributed by atoms with van der Waals surface area (Å²) in [5, 5.41) is 0.469. The van der Waals surface area contributed by atoms with Crippen LogP contribution in [0.25, 0.3) is 22.0 Å². The summed E-state index contributed by atoms with van der Waals surface area (Å²) >= 11 is 0. The Morgan fingerprint density at radius 3 is 2.54 bits per heavy atom. The molecule has 0 N–H and O–H groups in total. The molecule has 26 heavy (non-hydrogen) atoms. The van der Waals surface area contributed by atoms with Gasteiger partial charge in [0.15, 0.2) is 0 Å². The Kier molecular flexibility index (Phi) is 4.84. The highest BCUT2D eigenvalue weighted by molar-refractivity contribution is 5.99. The number of hydrogen-bond donors (Lipinski definition) is 0. The molecule has 0 unspecified atom stereocenters. The second kappa shape index (κ2) is 7.07. The predicted molar refractivity (Wildman–Crippen MR) is 94.3 cm³/mol. The number of fused-ring (bicyclic) bond motifs is 1. The predicted octanol–water partition coefficient (Wildman–Crippen LogP) is 4.57. The van der Waals surface area contributed by atoms with E-state index in [1.807, 2.05) is 0 Å². The van der Waals surface area contributed by atoms with E-state index in [-0.39, 0.29) is 12.2 Å². The highest BCUT2D eigenvalue weighted by atomic mass is 19.3. The molecular weight excluding hydrogens is 340 g/mol. The van der Waals surface area contributed by atoms with Crippen LogP contribution in [-0.2, 0) is 15.5 Å². The van der Waals surface area contributed by atoms with E-state index >= 15 is 0 Å². The van der Waals surface area contributed by atoms with Crippen molar-refractivity contribution in [1.82, 2.24) is 4.98 Å². The average Bonchev–Trinajstić information content (AvgIpc) is 2.67. The summed E-state index contributed by atoms with van der Waals surface area (Å²) in [7, 11) is 1.49. The van der Waals surface area contributed by atoms with Crippen LogP contribution in [0.1, 0.15) is 12.5 Å². The smallest absolute Gasteiger partial charge is 0.382 e. The Labute approximate surface area is 149 Å². The Morgan fingerprint density at radius 2 is 1.88 bits per heavy atom. The first kappa shape index (κ1) is 17.8. The van der Waals surface area contributed by atoms with Crippen molar-refractivity contribution in [2.24, 2.45) is 0 Å². The second-order valence-electron chi connectivity index (χ2n) is 5.59. The fourth-order valence-electron chi connectivity index (χ4n) is 2.78. The van der Waals surface area contributed by atoms with E-state index in [0.717, 1.165) is 6.20 Å². The number of esters is 1. The molecule has 1 heterocycles. The maximum Gasteiger partial charge on any atom is 0.382 e. The minimum atomic E-state index is -3.83. The lowest BCUT2D eigenvalue weighted by molar-refractivity contribution is -0.173. The quantitative estimate of drug-likeness (QED) is 0.628. The van der Waals surface area contributed by atoms with Gasteiger partial charge in [-0.2, -0.15) is 8.78 Å². The SMILES string of the molecule is CCOC(=O)C(F)(F)c1cnc2ccc(OC)cc2c1-c1ccccc1. The third-order valence-electron chi connectivity index (χ3n) is 4.01. The normalized spacial score (nSPS) is 11.4. The van der Waals surface area contributed by atoms with Gasteiger partial charge in [0.2, 0.25) is 0 Å². The molecule has 0 aliphatic carbocycles. The average molecular weight is 357 g/mol. The van der Waals surface area contributed by atoms with Crippen LogP contribution in [0.5, 0.6) is 5.75 Å². The van der Waals surface area contributed by atoms with E-state index in [1.165, 1.54) is 14.0 Å². The number of aromatic nitrogens is 1. The number of carbonyl (C=O) groups excluding carboxylic acids is 1. The lowest BCUT2D eigenvalue weighted by atomic mass is 9.93. The van der Waals surface area contributed by atoms with E-state index in [1.54, 1.807) is 48.5 Å². The third-order valence-corrected chi connectivity index (χ3v) is 4.01. The molecule has 0 atom stereocenters. The number of halogens is 2. The van der Waals surface area contributed by atoms with Gasteiger partial charge >= 0.3 is 11.9 Å². The lowest BCUT2D eigenvalue weighted by Crippen LogP contribution is -2.29. The Hall–Kier alpha value is -3.02. The first-order valence-electron chi connectivity index (χ1n) is 8.06. The minimum Gasteiger partial charge on any atom is -0.497 e. The van der Waals surface area contributed by atoms with Crippen LogP contribution < -0.4 is 4.74 Å². The summed E-state index contributed by atoms with van der Waals surface area (Å²) < 4.78 is 39.5. The molecule has 3 rings (SSSR count). The zero-order valence-electron chi connectivity index (χ0n) is 14.3. The summed E-state index contributed by atoms with van der Waals surface area (Å²) in [6.07, 6.45) is 1.04. The largest absolute Gasteiger partial charge is 0.497 e. The number of alkyl halides is 2. The molecule has 0 spiro atoms. The minimum absolute atomic E-state index is 0.135.